The summed E-state index contributed by atoms with van der Waals surface area (Å²) < 4.78 is 28.0. The number of rotatable bonds is 6. The molecular formula is C9H10F2N2O3. The summed E-state index contributed by atoms with van der Waals surface area (Å²) in [4.78, 5) is 18.0. The Morgan fingerprint density at radius 2 is 2.06 bits per heavy atom. The molecule has 1 aromatic rings. The molecule has 0 bridgehead atoms. The Hall–Kier alpha value is -1.63. The van der Waals surface area contributed by atoms with E-state index in [2.05, 4.69) is 14.7 Å². The predicted molar refractivity (Wildman–Crippen MR) is 49.5 cm³/mol. The second-order valence-corrected chi connectivity index (χ2v) is 2.91. The summed E-state index contributed by atoms with van der Waals surface area (Å²) in [5.74, 6) is -0.750. The molecule has 0 unspecified atom stereocenters. The fourth-order valence-corrected chi connectivity index (χ4v) is 0.930. The number of nitrogens with zero attached hydrogens (tertiary/aromatic N) is 2. The number of ether oxygens (including phenoxy) is 1. The van der Waals surface area contributed by atoms with Crippen LogP contribution in [0.4, 0.5) is 8.78 Å². The van der Waals surface area contributed by atoms with Crippen molar-refractivity contribution in [2.75, 3.05) is 13.2 Å². The molecule has 0 atom stereocenters. The van der Waals surface area contributed by atoms with Crippen LogP contribution in [0.15, 0.2) is 12.4 Å². The number of aromatic nitrogens is 2. The lowest BCUT2D eigenvalue weighted by Crippen LogP contribution is -2.09. The van der Waals surface area contributed by atoms with Gasteiger partial charge in [-0.3, -0.25) is 0 Å². The van der Waals surface area contributed by atoms with Crippen LogP contribution in [0.5, 0.6) is 0 Å². The largest absolute Gasteiger partial charge is 0.478 e. The first-order valence-electron chi connectivity index (χ1n) is 4.49. The highest BCUT2D eigenvalue weighted by Crippen LogP contribution is 1.98. The molecule has 1 N–H and O–H groups in total. The SMILES string of the molecule is O=C(O)c1cnc(CCOCC(F)F)nc1. The summed E-state index contributed by atoms with van der Waals surface area (Å²) >= 11 is 0. The van der Waals surface area contributed by atoms with Crippen LogP contribution >= 0.6 is 0 Å². The molecule has 0 aliphatic rings. The van der Waals surface area contributed by atoms with Gasteiger partial charge in [0.15, 0.2) is 0 Å². The monoisotopic (exact) mass is 232 g/mol. The standard InChI is InChI=1S/C9H10F2N2O3/c10-7(11)5-16-2-1-8-12-3-6(4-13-8)9(14)15/h3-4,7H,1-2,5H2,(H,14,15). The predicted octanol–water partition coefficient (Wildman–Crippen LogP) is 0.999. The zero-order valence-corrected chi connectivity index (χ0v) is 8.27. The molecule has 0 saturated carbocycles. The van der Waals surface area contributed by atoms with E-state index in [0.29, 0.717) is 5.82 Å². The lowest BCUT2D eigenvalue weighted by atomic mass is 10.3. The lowest BCUT2D eigenvalue weighted by Gasteiger charge is -2.02. The molecule has 1 rings (SSSR count). The van der Waals surface area contributed by atoms with Crippen molar-refractivity contribution >= 4 is 5.97 Å². The van der Waals surface area contributed by atoms with Gasteiger partial charge in [-0.15, -0.1) is 0 Å². The molecule has 0 saturated heterocycles. The molecule has 0 aliphatic carbocycles. The van der Waals surface area contributed by atoms with Crippen LogP contribution < -0.4 is 0 Å². The normalized spacial score (nSPS) is 10.7. The topological polar surface area (TPSA) is 72.3 Å². The number of aromatic carboxylic acids is 1. The van der Waals surface area contributed by atoms with Crippen molar-refractivity contribution < 1.29 is 23.4 Å². The van der Waals surface area contributed by atoms with Gasteiger partial charge in [0.25, 0.3) is 6.43 Å². The molecular weight excluding hydrogens is 222 g/mol. The molecule has 88 valence electrons. The van der Waals surface area contributed by atoms with Crippen molar-refractivity contribution in [2.24, 2.45) is 0 Å². The van der Waals surface area contributed by atoms with Crippen molar-refractivity contribution in [1.29, 1.82) is 0 Å². The summed E-state index contributed by atoms with van der Waals surface area (Å²) in [7, 11) is 0. The maximum atomic E-state index is 11.7. The Balaban J connectivity index is 2.35. The summed E-state index contributed by atoms with van der Waals surface area (Å²) in [5, 5.41) is 8.56. The van der Waals surface area contributed by atoms with Gasteiger partial charge in [-0.25, -0.2) is 23.5 Å². The smallest absolute Gasteiger partial charge is 0.338 e. The first-order chi connectivity index (χ1) is 7.59. The number of hydrogen-bond acceptors (Lipinski definition) is 4. The number of carbonyl (C=O) groups is 1. The Morgan fingerprint density at radius 3 is 2.56 bits per heavy atom. The molecule has 0 radical (unpaired) electrons. The van der Waals surface area contributed by atoms with E-state index in [1.165, 1.54) is 0 Å². The van der Waals surface area contributed by atoms with E-state index in [-0.39, 0.29) is 18.6 Å². The Labute approximate surface area is 90.1 Å². The quantitative estimate of drug-likeness (QED) is 0.741. The van der Waals surface area contributed by atoms with Crippen molar-refractivity contribution in [1.82, 2.24) is 9.97 Å². The van der Waals surface area contributed by atoms with Crippen molar-refractivity contribution in [3.63, 3.8) is 0 Å². The van der Waals surface area contributed by atoms with E-state index >= 15 is 0 Å². The molecule has 16 heavy (non-hydrogen) atoms. The molecule has 1 aromatic heterocycles. The van der Waals surface area contributed by atoms with Crippen LogP contribution in [0.1, 0.15) is 16.2 Å². The first kappa shape index (κ1) is 12.4. The summed E-state index contributed by atoms with van der Waals surface area (Å²) in [5.41, 5.74) is -0.0164. The minimum Gasteiger partial charge on any atom is -0.478 e. The van der Waals surface area contributed by atoms with E-state index in [1.807, 2.05) is 0 Å². The Kier molecular flexibility index (Phi) is 4.71. The third kappa shape index (κ3) is 4.26. The summed E-state index contributed by atoms with van der Waals surface area (Å²) in [6.07, 6.45) is 0.109. The van der Waals surface area contributed by atoms with Gasteiger partial charge >= 0.3 is 5.97 Å². The maximum Gasteiger partial charge on any atom is 0.338 e. The van der Waals surface area contributed by atoms with Gasteiger partial charge in [0.2, 0.25) is 0 Å². The number of carboxylic acids is 1. The fraction of sp³-hybridized carbons (Fsp3) is 0.444. The number of carboxylic acid groups (broad SMARTS) is 1. The Morgan fingerprint density at radius 1 is 1.44 bits per heavy atom. The third-order valence-corrected chi connectivity index (χ3v) is 1.67. The molecule has 0 amide bonds. The first-order valence-corrected chi connectivity index (χ1v) is 4.49. The summed E-state index contributed by atoms with van der Waals surface area (Å²) in [6, 6.07) is 0. The molecule has 5 nitrogen and oxygen atoms in total. The van der Waals surface area contributed by atoms with Gasteiger partial charge in [0.05, 0.1) is 12.2 Å². The molecule has 0 fully saturated rings. The van der Waals surface area contributed by atoms with Crippen LogP contribution in [0, 0.1) is 0 Å². The highest BCUT2D eigenvalue weighted by molar-refractivity contribution is 5.86. The lowest BCUT2D eigenvalue weighted by molar-refractivity contribution is 0.0182. The molecule has 7 heteroatoms. The number of halogens is 2. The minimum absolute atomic E-state index is 0.0164. The zero-order chi connectivity index (χ0) is 12.0. The average molecular weight is 232 g/mol. The molecule has 1 heterocycles. The fourth-order valence-electron chi connectivity index (χ4n) is 0.930. The van der Waals surface area contributed by atoms with Crippen molar-refractivity contribution in [2.45, 2.75) is 12.8 Å². The average Bonchev–Trinajstić information content (AvgIpc) is 2.25. The zero-order valence-electron chi connectivity index (χ0n) is 8.27. The van der Waals surface area contributed by atoms with E-state index in [0.717, 1.165) is 12.4 Å². The van der Waals surface area contributed by atoms with E-state index in [4.69, 9.17) is 5.11 Å². The van der Waals surface area contributed by atoms with Crippen LogP contribution in [0.2, 0.25) is 0 Å². The maximum absolute atomic E-state index is 11.7. The second-order valence-electron chi connectivity index (χ2n) is 2.91. The van der Waals surface area contributed by atoms with Crippen LogP contribution in [-0.4, -0.2) is 40.7 Å². The highest BCUT2D eigenvalue weighted by Gasteiger charge is 2.05. The van der Waals surface area contributed by atoms with Crippen molar-refractivity contribution in [3.8, 4) is 0 Å². The van der Waals surface area contributed by atoms with Gasteiger partial charge in [0, 0.05) is 18.8 Å². The second kappa shape index (κ2) is 6.06. The number of hydrogen-bond donors (Lipinski definition) is 1. The highest BCUT2D eigenvalue weighted by atomic mass is 19.3. The van der Waals surface area contributed by atoms with Crippen LogP contribution in [0.25, 0.3) is 0 Å². The van der Waals surface area contributed by atoms with Gasteiger partial charge in [-0.05, 0) is 0 Å². The van der Waals surface area contributed by atoms with E-state index in [1.54, 1.807) is 0 Å². The van der Waals surface area contributed by atoms with Gasteiger partial charge in [0.1, 0.15) is 12.4 Å². The van der Waals surface area contributed by atoms with Crippen molar-refractivity contribution in [3.05, 3.63) is 23.8 Å². The van der Waals surface area contributed by atoms with Crippen LogP contribution in [-0.2, 0) is 11.2 Å². The van der Waals surface area contributed by atoms with E-state index < -0.39 is 19.0 Å². The molecule has 0 aliphatic heterocycles. The molecule has 0 spiro atoms. The van der Waals surface area contributed by atoms with Gasteiger partial charge in [-0.1, -0.05) is 0 Å². The van der Waals surface area contributed by atoms with Gasteiger partial charge in [-0.2, -0.15) is 0 Å². The minimum atomic E-state index is -2.49. The van der Waals surface area contributed by atoms with E-state index in [9.17, 15) is 13.6 Å². The third-order valence-electron chi connectivity index (χ3n) is 1.67. The van der Waals surface area contributed by atoms with Crippen LogP contribution in [0.3, 0.4) is 0 Å². The summed E-state index contributed by atoms with van der Waals surface area (Å²) in [6.45, 7) is -0.538. The molecule has 0 aromatic carbocycles. The number of alkyl halides is 2. The van der Waals surface area contributed by atoms with Gasteiger partial charge < -0.3 is 9.84 Å². The Bertz CT molecular complexity index is 343.